The van der Waals surface area contributed by atoms with Gasteiger partial charge in [0.25, 0.3) is 0 Å². The van der Waals surface area contributed by atoms with Crippen molar-refractivity contribution in [2.75, 3.05) is 17.7 Å². The van der Waals surface area contributed by atoms with Gasteiger partial charge in [-0.15, -0.1) is 0 Å². The van der Waals surface area contributed by atoms with E-state index in [1.807, 2.05) is 60.0 Å². The molecule has 1 heterocycles. The van der Waals surface area contributed by atoms with Crippen molar-refractivity contribution in [1.29, 1.82) is 0 Å². The van der Waals surface area contributed by atoms with E-state index < -0.39 is 11.8 Å². The minimum Gasteiger partial charge on any atom is -0.494 e. The number of hydrogen-bond donors (Lipinski definition) is 3. The number of ether oxygens (including phenoxy) is 1. The maximum atomic E-state index is 12.7. The normalized spacial score (nSPS) is 10.8. The van der Waals surface area contributed by atoms with Gasteiger partial charge in [-0.1, -0.05) is 23.9 Å². The number of para-hydroxylation sites is 2. The molecule has 9 nitrogen and oxygen atoms in total. The van der Waals surface area contributed by atoms with Gasteiger partial charge in [-0.25, -0.2) is 4.98 Å². The fourth-order valence-corrected chi connectivity index (χ4v) is 4.35. The molecule has 0 unspecified atom stereocenters. The number of amides is 3. The summed E-state index contributed by atoms with van der Waals surface area (Å²) in [5, 5.41) is 3.32. The minimum absolute atomic E-state index is 0.0348. The molecule has 0 fully saturated rings. The number of nitrogens with two attached hydrogens (primary N) is 2. The highest BCUT2D eigenvalue weighted by Gasteiger charge is 2.16. The molecule has 0 bridgehead atoms. The van der Waals surface area contributed by atoms with Crippen LogP contribution in [0, 0.1) is 0 Å². The number of carbonyl (C=O) groups is 3. The zero-order valence-corrected chi connectivity index (χ0v) is 19.7. The van der Waals surface area contributed by atoms with E-state index in [9.17, 15) is 14.4 Å². The van der Waals surface area contributed by atoms with Crippen molar-refractivity contribution in [3.05, 3.63) is 77.9 Å². The summed E-state index contributed by atoms with van der Waals surface area (Å²) < 4.78 is 7.51. The number of anilines is 1. The predicted octanol–water partition coefficient (Wildman–Crippen LogP) is 3.35. The number of benzene rings is 3. The topological polar surface area (TPSA) is 142 Å². The van der Waals surface area contributed by atoms with Crippen LogP contribution in [0.25, 0.3) is 16.7 Å². The Labute approximate surface area is 205 Å². The number of fused-ring (bicyclic) bond motifs is 1. The first-order chi connectivity index (χ1) is 16.9. The molecule has 35 heavy (non-hydrogen) atoms. The van der Waals surface area contributed by atoms with Gasteiger partial charge in [-0.2, -0.15) is 0 Å². The Hall–Kier alpha value is -4.31. The van der Waals surface area contributed by atoms with Crippen LogP contribution in [0.2, 0.25) is 0 Å². The SMILES string of the molecule is CCOc1ccc(-n2c(SCC(=O)Nc3cc(C(N)=O)cc(C(N)=O)c3)nc3ccccc32)cc1. The molecule has 178 valence electrons. The molecule has 3 aromatic carbocycles. The maximum Gasteiger partial charge on any atom is 0.248 e. The fraction of sp³-hybridized carbons (Fsp3) is 0.120. The average molecular weight is 490 g/mol. The van der Waals surface area contributed by atoms with Gasteiger partial charge in [0.05, 0.1) is 23.4 Å². The third-order valence-electron chi connectivity index (χ3n) is 5.05. The summed E-state index contributed by atoms with van der Waals surface area (Å²) in [6.07, 6.45) is 0. The van der Waals surface area contributed by atoms with E-state index in [0.717, 1.165) is 22.5 Å². The van der Waals surface area contributed by atoms with Gasteiger partial charge >= 0.3 is 0 Å². The van der Waals surface area contributed by atoms with Gasteiger partial charge in [0.15, 0.2) is 5.16 Å². The van der Waals surface area contributed by atoms with Crippen LogP contribution in [0.1, 0.15) is 27.6 Å². The van der Waals surface area contributed by atoms with E-state index >= 15 is 0 Å². The predicted molar refractivity (Wildman–Crippen MR) is 135 cm³/mol. The van der Waals surface area contributed by atoms with Crippen molar-refractivity contribution < 1.29 is 19.1 Å². The van der Waals surface area contributed by atoms with Crippen molar-refractivity contribution in [2.45, 2.75) is 12.1 Å². The lowest BCUT2D eigenvalue weighted by Gasteiger charge is -2.11. The smallest absolute Gasteiger partial charge is 0.248 e. The lowest BCUT2D eigenvalue weighted by atomic mass is 10.1. The van der Waals surface area contributed by atoms with Crippen molar-refractivity contribution >= 4 is 46.2 Å². The third-order valence-corrected chi connectivity index (χ3v) is 5.99. The van der Waals surface area contributed by atoms with Crippen LogP contribution >= 0.6 is 11.8 Å². The Morgan fingerprint density at radius 1 is 0.971 bits per heavy atom. The minimum atomic E-state index is -0.734. The second-order valence-electron chi connectivity index (χ2n) is 7.51. The highest BCUT2D eigenvalue weighted by molar-refractivity contribution is 7.99. The Balaban J connectivity index is 1.57. The number of rotatable bonds is 9. The van der Waals surface area contributed by atoms with Crippen LogP contribution < -0.4 is 21.5 Å². The van der Waals surface area contributed by atoms with Gasteiger partial charge in [-0.05, 0) is 61.5 Å². The molecule has 1 aromatic heterocycles. The molecule has 0 saturated carbocycles. The zero-order valence-electron chi connectivity index (χ0n) is 18.9. The summed E-state index contributed by atoms with van der Waals surface area (Å²) in [5.41, 5.74) is 13.6. The second-order valence-corrected chi connectivity index (χ2v) is 8.45. The molecule has 0 atom stereocenters. The monoisotopic (exact) mass is 489 g/mol. The number of aromatic nitrogens is 2. The first-order valence-corrected chi connectivity index (χ1v) is 11.7. The van der Waals surface area contributed by atoms with Crippen LogP contribution in [0.15, 0.2) is 71.9 Å². The Bertz CT molecular complexity index is 1380. The first kappa shape index (κ1) is 23.8. The van der Waals surface area contributed by atoms with Crippen LogP contribution in [0.5, 0.6) is 5.75 Å². The first-order valence-electron chi connectivity index (χ1n) is 10.7. The molecule has 0 aliphatic rings. The highest BCUT2D eigenvalue weighted by atomic mass is 32.2. The number of hydrogen-bond acceptors (Lipinski definition) is 6. The highest BCUT2D eigenvalue weighted by Crippen LogP contribution is 2.29. The zero-order chi connectivity index (χ0) is 24.9. The van der Waals surface area contributed by atoms with E-state index in [2.05, 4.69) is 5.32 Å². The average Bonchev–Trinajstić information content (AvgIpc) is 3.21. The molecule has 0 aliphatic carbocycles. The molecule has 4 aromatic rings. The number of nitrogens with zero attached hydrogens (tertiary/aromatic N) is 2. The molecule has 0 spiro atoms. The maximum absolute atomic E-state index is 12.7. The summed E-state index contributed by atoms with van der Waals surface area (Å²) >= 11 is 1.26. The second kappa shape index (κ2) is 10.3. The van der Waals surface area contributed by atoms with Crippen LogP contribution in [0.3, 0.4) is 0 Å². The fourth-order valence-electron chi connectivity index (χ4n) is 3.52. The summed E-state index contributed by atoms with van der Waals surface area (Å²) in [4.78, 5) is 40.6. The molecule has 5 N–H and O–H groups in total. The van der Waals surface area contributed by atoms with Crippen molar-refractivity contribution in [2.24, 2.45) is 11.5 Å². The summed E-state index contributed by atoms with van der Waals surface area (Å²) in [5.74, 6) is -1.02. The number of carbonyl (C=O) groups excluding carboxylic acids is 3. The molecule has 3 amide bonds. The van der Waals surface area contributed by atoms with E-state index in [1.165, 1.54) is 30.0 Å². The van der Waals surface area contributed by atoms with E-state index in [-0.39, 0.29) is 28.5 Å². The molecule has 0 saturated heterocycles. The van der Waals surface area contributed by atoms with Gasteiger partial charge in [0, 0.05) is 22.5 Å². The summed E-state index contributed by atoms with van der Waals surface area (Å²) in [6, 6.07) is 19.4. The van der Waals surface area contributed by atoms with Crippen LogP contribution in [0.4, 0.5) is 5.69 Å². The third kappa shape index (κ3) is 5.44. The van der Waals surface area contributed by atoms with Crippen molar-refractivity contribution in [3.63, 3.8) is 0 Å². The summed E-state index contributed by atoms with van der Waals surface area (Å²) in [7, 11) is 0. The lowest BCUT2D eigenvalue weighted by molar-refractivity contribution is -0.113. The quantitative estimate of drug-likeness (QED) is 0.308. The molecule has 0 radical (unpaired) electrons. The lowest BCUT2D eigenvalue weighted by Crippen LogP contribution is -2.19. The van der Waals surface area contributed by atoms with Crippen molar-refractivity contribution in [3.8, 4) is 11.4 Å². The van der Waals surface area contributed by atoms with Gasteiger partial charge in [-0.3, -0.25) is 19.0 Å². The largest absolute Gasteiger partial charge is 0.494 e. The summed E-state index contributed by atoms with van der Waals surface area (Å²) in [6.45, 7) is 2.50. The Kier molecular flexibility index (Phi) is 7.02. The molecule has 4 rings (SSSR count). The standard InChI is InChI=1S/C25H23N5O4S/c1-2-34-19-9-7-18(8-10-19)30-21-6-4-3-5-20(21)29-25(30)35-14-22(31)28-17-12-15(23(26)32)11-16(13-17)24(27)33/h3-13H,2,14H2,1H3,(H2,26,32)(H2,27,33)(H,28,31). The van der Waals surface area contributed by atoms with E-state index in [1.54, 1.807) is 0 Å². The molecular formula is C25H23N5O4S. The van der Waals surface area contributed by atoms with E-state index in [0.29, 0.717) is 11.8 Å². The van der Waals surface area contributed by atoms with Crippen LogP contribution in [-0.2, 0) is 4.79 Å². The van der Waals surface area contributed by atoms with Crippen molar-refractivity contribution in [1.82, 2.24) is 9.55 Å². The molecular weight excluding hydrogens is 466 g/mol. The number of imidazole rings is 1. The number of nitrogens with one attached hydrogen (secondary N) is 1. The molecule has 0 aliphatic heterocycles. The number of primary amides is 2. The van der Waals surface area contributed by atoms with Crippen LogP contribution in [-0.4, -0.2) is 39.6 Å². The van der Waals surface area contributed by atoms with E-state index in [4.69, 9.17) is 21.2 Å². The van der Waals surface area contributed by atoms with Gasteiger partial charge in [0.1, 0.15) is 5.75 Å². The molecule has 10 heteroatoms. The van der Waals surface area contributed by atoms with Gasteiger partial charge in [0.2, 0.25) is 17.7 Å². The number of thioether (sulfide) groups is 1. The Morgan fingerprint density at radius 3 is 2.26 bits per heavy atom. The Morgan fingerprint density at radius 2 is 1.63 bits per heavy atom. The van der Waals surface area contributed by atoms with Gasteiger partial charge < -0.3 is 21.5 Å².